The van der Waals surface area contributed by atoms with Gasteiger partial charge in [0.05, 0.1) is 6.61 Å². The number of hydrogen-bond donors (Lipinski definition) is 1. The maximum absolute atomic E-state index is 5.19. The summed E-state index contributed by atoms with van der Waals surface area (Å²) >= 11 is 0. The third-order valence-electron chi connectivity index (χ3n) is 3.90. The quantitative estimate of drug-likeness (QED) is 0.883. The number of likely N-dealkylation sites (tertiary alicyclic amines) is 1. The zero-order chi connectivity index (χ0) is 13.5. The van der Waals surface area contributed by atoms with Crippen LogP contribution in [-0.4, -0.2) is 44.8 Å². The van der Waals surface area contributed by atoms with Crippen LogP contribution in [0.15, 0.2) is 24.3 Å². The van der Waals surface area contributed by atoms with Crippen LogP contribution in [-0.2, 0) is 11.2 Å². The van der Waals surface area contributed by atoms with Crippen molar-refractivity contribution in [1.29, 1.82) is 0 Å². The van der Waals surface area contributed by atoms with Gasteiger partial charge in [-0.05, 0) is 57.5 Å². The van der Waals surface area contributed by atoms with Crippen LogP contribution in [0.3, 0.4) is 0 Å². The van der Waals surface area contributed by atoms with Gasteiger partial charge in [-0.3, -0.25) is 0 Å². The van der Waals surface area contributed by atoms with E-state index in [1.165, 1.54) is 43.6 Å². The molecular weight excluding hydrogens is 236 g/mol. The second-order valence-corrected chi connectivity index (χ2v) is 5.48. The minimum absolute atomic E-state index is 0.605. The second-order valence-electron chi connectivity index (χ2n) is 5.48. The fraction of sp³-hybridized carbons (Fsp3) is 0.625. The highest BCUT2D eigenvalue weighted by molar-refractivity contribution is 5.51. The molecule has 1 atom stereocenters. The molecule has 3 nitrogen and oxygen atoms in total. The SMILES string of the molecule is COCCc1ccccc1NC1CCCN(C)CC1. The lowest BCUT2D eigenvalue weighted by Crippen LogP contribution is -2.23. The van der Waals surface area contributed by atoms with Gasteiger partial charge in [0, 0.05) is 18.8 Å². The van der Waals surface area contributed by atoms with Crippen LogP contribution in [0.5, 0.6) is 0 Å². The maximum Gasteiger partial charge on any atom is 0.0503 e. The Kier molecular flexibility index (Phi) is 5.67. The topological polar surface area (TPSA) is 24.5 Å². The van der Waals surface area contributed by atoms with Gasteiger partial charge in [0.2, 0.25) is 0 Å². The first-order chi connectivity index (χ1) is 9.29. The maximum atomic E-state index is 5.19. The van der Waals surface area contributed by atoms with E-state index >= 15 is 0 Å². The first kappa shape index (κ1) is 14.4. The molecule has 1 fully saturated rings. The van der Waals surface area contributed by atoms with Crippen LogP contribution < -0.4 is 5.32 Å². The zero-order valence-corrected chi connectivity index (χ0v) is 12.2. The summed E-state index contributed by atoms with van der Waals surface area (Å²) in [6.45, 7) is 3.20. The van der Waals surface area contributed by atoms with Gasteiger partial charge in [0.15, 0.2) is 0 Å². The fourth-order valence-corrected chi connectivity index (χ4v) is 2.70. The summed E-state index contributed by atoms with van der Waals surface area (Å²) < 4.78 is 5.19. The van der Waals surface area contributed by atoms with Crippen LogP contribution in [0, 0.1) is 0 Å². The van der Waals surface area contributed by atoms with E-state index in [0.29, 0.717) is 6.04 Å². The van der Waals surface area contributed by atoms with E-state index in [0.717, 1.165) is 13.0 Å². The molecule has 0 aromatic heterocycles. The number of methoxy groups -OCH3 is 1. The van der Waals surface area contributed by atoms with E-state index in [9.17, 15) is 0 Å². The molecule has 1 aromatic carbocycles. The van der Waals surface area contributed by atoms with Crippen molar-refractivity contribution in [2.45, 2.75) is 31.7 Å². The van der Waals surface area contributed by atoms with Crippen molar-refractivity contribution in [3.8, 4) is 0 Å². The number of nitrogens with one attached hydrogen (secondary N) is 1. The largest absolute Gasteiger partial charge is 0.384 e. The number of rotatable bonds is 5. The summed E-state index contributed by atoms with van der Waals surface area (Å²) in [6, 6.07) is 9.22. The lowest BCUT2D eigenvalue weighted by molar-refractivity contribution is 0.202. The smallest absolute Gasteiger partial charge is 0.0503 e. The Morgan fingerprint density at radius 2 is 2.11 bits per heavy atom. The molecule has 2 rings (SSSR count). The van der Waals surface area contributed by atoms with Gasteiger partial charge >= 0.3 is 0 Å². The molecule has 106 valence electrons. The number of para-hydroxylation sites is 1. The monoisotopic (exact) mass is 262 g/mol. The van der Waals surface area contributed by atoms with Gasteiger partial charge in [-0.2, -0.15) is 0 Å². The summed E-state index contributed by atoms with van der Waals surface area (Å²) in [7, 11) is 3.98. The van der Waals surface area contributed by atoms with Crippen molar-refractivity contribution in [2.24, 2.45) is 0 Å². The summed E-state index contributed by atoms with van der Waals surface area (Å²) in [5.41, 5.74) is 2.65. The van der Waals surface area contributed by atoms with Gasteiger partial charge in [0.1, 0.15) is 0 Å². The molecule has 0 aliphatic carbocycles. The van der Waals surface area contributed by atoms with Crippen LogP contribution in [0.4, 0.5) is 5.69 Å². The highest BCUT2D eigenvalue weighted by Gasteiger charge is 2.15. The predicted octanol–water partition coefficient (Wildman–Crippen LogP) is 2.77. The van der Waals surface area contributed by atoms with E-state index in [2.05, 4.69) is 41.5 Å². The molecule has 0 bridgehead atoms. The highest BCUT2D eigenvalue weighted by atomic mass is 16.5. The zero-order valence-electron chi connectivity index (χ0n) is 12.2. The highest BCUT2D eigenvalue weighted by Crippen LogP contribution is 2.20. The minimum Gasteiger partial charge on any atom is -0.384 e. The third-order valence-corrected chi connectivity index (χ3v) is 3.90. The number of hydrogen-bond acceptors (Lipinski definition) is 3. The number of benzene rings is 1. The van der Waals surface area contributed by atoms with Crippen molar-refractivity contribution in [3.63, 3.8) is 0 Å². The molecule has 1 aliphatic heterocycles. The molecule has 0 saturated carbocycles. The van der Waals surface area contributed by atoms with Crippen LogP contribution in [0.1, 0.15) is 24.8 Å². The summed E-state index contributed by atoms with van der Waals surface area (Å²) in [5, 5.41) is 3.74. The Hall–Kier alpha value is -1.06. The lowest BCUT2D eigenvalue weighted by atomic mass is 10.1. The molecule has 1 N–H and O–H groups in total. The molecule has 1 aromatic rings. The van der Waals surface area contributed by atoms with Crippen LogP contribution in [0.2, 0.25) is 0 Å². The Morgan fingerprint density at radius 1 is 1.26 bits per heavy atom. The number of nitrogens with zero attached hydrogens (tertiary/aromatic N) is 1. The van der Waals surface area contributed by atoms with E-state index in [1.807, 2.05) is 0 Å². The molecule has 1 saturated heterocycles. The van der Waals surface area contributed by atoms with E-state index in [4.69, 9.17) is 4.74 Å². The molecule has 1 unspecified atom stereocenters. The number of anilines is 1. The van der Waals surface area contributed by atoms with Gasteiger partial charge in [0.25, 0.3) is 0 Å². The predicted molar refractivity (Wildman–Crippen MR) is 80.8 cm³/mol. The molecule has 3 heteroatoms. The first-order valence-corrected chi connectivity index (χ1v) is 7.31. The van der Waals surface area contributed by atoms with Gasteiger partial charge < -0.3 is 15.0 Å². The van der Waals surface area contributed by atoms with Crippen molar-refractivity contribution < 1.29 is 4.74 Å². The fourth-order valence-electron chi connectivity index (χ4n) is 2.70. The molecule has 1 heterocycles. The standard InChI is InChI=1S/C16H26N2O/c1-18-11-5-7-15(9-12-18)17-16-8-4-3-6-14(16)10-13-19-2/h3-4,6,8,15,17H,5,7,9-13H2,1-2H3. The van der Waals surface area contributed by atoms with Crippen molar-refractivity contribution >= 4 is 5.69 Å². The Labute approximate surface area is 116 Å². The molecule has 0 spiro atoms. The first-order valence-electron chi connectivity index (χ1n) is 7.31. The lowest BCUT2D eigenvalue weighted by Gasteiger charge is -2.20. The van der Waals surface area contributed by atoms with Crippen molar-refractivity contribution in [3.05, 3.63) is 29.8 Å². The van der Waals surface area contributed by atoms with Crippen molar-refractivity contribution in [1.82, 2.24) is 4.90 Å². The molecule has 0 radical (unpaired) electrons. The molecular formula is C16H26N2O. The summed E-state index contributed by atoms with van der Waals surface area (Å²) in [4.78, 5) is 2.43. The van der Waals surface area contributed by atoms with Crippen molar-refractivity contribution in [2.75, 3.05) is 39.2 Å². The van der Waals surface area contributed by atoms with Gasteiger partial charge in [-0.1, -0.05) is 18.2 Å². The Balaban J connectivity index is 1.97. The summed E-state index contributed by atoms with van der Waals surface area (Å²) in [6.07, 6.45) is 4.76. The van der Waals surface area contributed by atoms with Gasteiger partial charge in [-0.25, -0.2) is 0 Å². The van der Waals surface area contributed by atoms with E-state index < -0.39 is 0 Å². The Morgan fingerprint density at radius 3 is 2.95 bits per heavy atom. The summed E-state index contributed by atoms with van der Waals surface area (Å²) in [5.74, 6) is 0. The minimum atomic E-state index is 0.605. The Bertz CT molecular complexity index is 381. The van der Waals surface area contributed by atoms with E-state index in [-0.39, 0.29) is 0 Å². The third kappa shape index (κ3) is 4.51. The normalized spacial score (nSPS) is 21.1. The molecule has 19 heavy (non-hydrogen) atoms. The van der Waals surface area contributed by atoms with E-state index in [1.54, 1.807) is 7.11 Å². The second kappa shape index (κ2) is 7.51. The molecule has 0 amide bonds. The van der Waals surface area contributed by atoms with Crippen LogP contribution in [0.25, 0.3) is 0 Å². The number of ether oxygens (including phenoxy) is 1. The van der Waals surface area contributed by atoms with Gasteiger partial charge in [-0.15, -0.1) is 0 Å². The average Bonchev–Trinajstić information content (AvgIpc) is 2.63. The average molecular weight is 262 g/mol. The van der Waals surface area contributed by atoms with Crippen LogP contribution >= 0.6 is 0 Å². The molecule has 1 aliphatic rings.